The summed E-state index contributed by atoms with van der Waals surface area (Å²) in [6.07, 6.45) is 9.69. The number of rotatable bonds is 9. The van der Waals surface area contributed by atoms with Gasteiger partial charge in [-0.3, -0.25) is 4.99 Å². The molecule has 0 aromatic heterocycles. The number of hydrogen-bond acceptors (Lipinski definition) is 6. The maximum Gasteiger partial charge on any atom is 0.169 e. The molecule has 1 atom stereocenters. The van der Waals surface area contributed by atoms with Crippen LogP contribution >= 0.6 is 0 Å². The average Bonchev–Trinajstić information content (AvgIpc) is 3.24. The van der Waals surface area contributed by atoms with Crippen molar-refractivity contribution >= 4 is 23.3 Å². The van der Waals surface area contributed by atoms with E-state index in [1.54, 1.807) is 13.3 Å². The predicted molar refractivity (Wildman–Crippen MR) is 154 cm³/mol. The van der Waals surface area contributed by atoms with Crippen LogP contribution in [-0.4, -0.2) is 50.7 Å². The van der Waals surface area contributed by atoms with Crippen molar-refractivity contribution in [2.24, 2.45) is 15.0 Å². The smallest absolute Gasteiger partial charge is 0.169 e. The van der Waals surface area contributed by atoms with E-state index in [1.165, 1.54) is 17.7 Å². The summed E-state index contributed by atoms with van der Waals surface area (Å²) in [4.78, 5) is 13.7. The number of methoxy groups -OCH3 is 1. The number of amidine groups is 1. The summed E-state index contributed by atoms with van der Waals surface area (Å²) in [5.74, 6) is 0.0251. The molecule has 40 heavy (non-hydrogen) atoms. The number of nitrogens with zero attached hydrogens (tertiary/aromatic N) is 3. The van der Waals surface area contributed by atoms with Crippen molar-refractivity contribution in [2.45, 2.75) is 45.1 Å². The SMILES string of the molecule is COCCCOc1ccc(C2=C(C)CCOC(CC3CCC=C4N=C(c5cccc(F)c5F)N=C4C=N3)=C2)cc1. The molecule has 0 fully saturated rings. The summed E-state index contributed by atoms with van der Waals surface area (Å²) in [6.45, 7) is 4.06. The molecule has 208 valence electrons. The molecule has 3 aliphatic heterocycles. The zero-order chi connectivity index (χ0) is 27.9. The molecular weight excluding hydrogens is 512 g/mol. The largest absolute Gasteiger partial charge is 0.498 e. The van der Waals surface area contributed by atoms with Crippen molar-refractivity contribution in [3.8, 4) is 5.75 Å². The fraction of sp³-hybridized carbons (Fsp3) is 0.344. The van der Waals surface area contributed by atoms with Gasteiger partial charge in [-0.1, -0.05) is 29.8 Å². The second kappa shape index (κ2) is 13.0. The topological polar surface area (TPSA) is 64.8 Å². The Morgan fingerprint density at radius 2 is 1.90 bits per heavy atom. The summed E-state index contributed by atoms with van der Waals surface area (Å²) >= 11 is 0. The average molecular weight is 546 g/mol. The van der Waals surface area contributed by atoms with Crippen LogP contribution in [0.2, 0.25) is 0 Å². The molecule has 0 saturated heterocycles. The van der Waals surface area contributed by atoms with E-state index in [4.69, 9.17) is 19.2 Å². The summed E-state index contributed by atoms with van der Waals surface area (Å²) < 4.78 is 45.1. The van der Waals surface area contributed by atoms with Crippen LogP contribution in [0.4, 0.5) is 8.78 Å². The van der Waals surface area contributed by atoms with Gasteiger partial charge in [-0.25, -0.2) is 18.8 Å². The molecule has 2 aromatic rings. The normalized spacial score (nSPS) is 18.9. The number of halogens is 2. The van der Waals surface area contributed by atoms with Gasteiger partial charge in [-0.2, -0.15) is 0 Å². The Hall–Kier alpha value is -3.91. The van der Waals surface area contributed by atoms with E-state index in [-0.39, 0.29) is 17.4 Å². The molecule has 3 aliphatic rings. The van der Waals surface area contributed by atoms with Crippen molar-refractivity contribution in [2.75, 3.05) is 26.9 Å². The van der Waals surface area contributed by atoms with Crippen molar-refractivity contribution < 1.29 is 23.0 Å². The lowest BCUT2D eigenvalue weighted by Gasteiger charge is -2.16. The van der Waals surface area contributed by atoms with E-state index >= 15 is 0 Å². The quantitative estimate of drug-likeness (QED) is 0.323. The van der Waals surface area contributed by atoms with Gasteiger partial charge in [0.2, 0.25) is 0 Å². The van der Waals surface area contributed by atoms with E-state index in [0.29, 0.717) is 37.7 Å². The van der Waals surface area contributed by atoms with E-state index < -0.39 is 11.6 Å². The van der Waals surface area contributed by atoms with Crippen molar-refractivity contribution in [3.63, 3.8) is 0 Å². The minimum absolute atomic E-state index is 0.00996. The number of fused-ring (bicyclic) bond motifs is 1. The summed E-state index contributed by atoms with van der Waals surface area (Å²) in [7, 11) is 1.69. The number of hydrogen-bond donors (Lipinski definition) is 0. The first-order valence-electron chi connectivity index (χ1n) is 13.6. The lowest BCUT2D eigenvalue weighted by molar-refractivity contribution is 0.172. The van der Waals surface area contributed by atoms with Gasteiger partial charge in [-0.05, 0) is 61.2 Å². The molecule has 3 heterocycles. The third kappa shape index (κ3) is 6.62. The van der Waals surface area contributed by atoms with E-state index in [0.717, 1.165) is 54.4 Å². The van der Waals surface area contributed by atoms with E-state index in [9.17, 15) is 8.78 Å². The second-order valence-corrected chi connectivity index (χ2v) is 9.96. The number of allylic oxidation sites excluding steroid dienone is 4. The van der Waals surface area contributed by atoms with Gasteiger partial charge in [0.1, 0.15) is 11.5 Å². The lowest BCUT2D eigenvalue weighted by atomic mass is 9.97. The Bertz CT molecular complexity index is 1420. The zero-order valence-corrected chi connectivity index (χ0v) is 22.8. The minimum Gasteiger partial charge on any atom is -0.498 e. The van der Waals surface area contributed by atoms with Gasteiger partial charge >= 0.3 is 0 Å². The molecule has 0 aliphatic carbocycles. The molecule has 0 spiro atoms. The summed E-state index contributed by atoms with van der Waals surface area (Å²) in [6, 6.07) is 12.2. The highest BCUT2D eigenvalue weighted by Crippen LogP contribution is 2.31. The number of ether oxygens (including phenoxy) is 3. The second-order valence-electron chi connectivity index (χ2n) is 9.96. The van der Waals surface area contributed by atoms with Crippen LogP contribution < -0.4 is 4.74 Å². The zero-order valence-electron chi connectivity index (χ0n) is 22.8. The molecule has 5 rings (SSSR count). The fourth-order valence-electron chi connectivity index (χ4n) is 4.83. The maximum atomic E-state index is 14.3. The van der Waals surface area contributed by atoms with Crippen molar-refractivity contribution in [1.29, 1.82) is 0 Å². The number of aliphatic imine (C=N–C) groups is 3. The molecule has 6 nitrogen and oxygen atoms in total. The first kappa shape index (κ1) is 27.6. The van der Waals surface area contributed by atoms with Crippen molar-refractivity contribution in [1.82, 2.24) is 0 Å². The Kier molecular flexibility index (Phi) is 8.96. The van der Waals surface area contributed by atoms with Gasteiger partial charge in [0, 0.05) is 39.2 Å². The van der Waals surface area contributed by atoms with Crippen LogP contribution in [0, 0.1) is 11.6 Å². The molecule has 8 heteroatoms. The van der Waals surface area contributed by atoms with Gasteiger partial charge in [0.25, 0.3) is 0 Å². The van der Waals surface area contributed by atoms with Crippen LogP contribution in [0.25, 0.3) is 5.57 Å². The van der Waals surface area contributed by atoms with Gasteiger partial charge in [-0.15, -0.1) is 0 Å². The molecule has 0 N–H and O–H groups in total. The van der Waals surface area contributed by atoms with Crippen LogP contribution in [-0.2, 0) is 9.47 Å². The first-order valence-corrected chi connectivity index (χ1v) is 13.6. The van der Waals surface area contributed by atoms with E-state index in [2.05, 4.69) is 35.1 Å². The molecule has 0 radical (unpaired) electrons. The lowest BCUT2D eigenvalue weighted by Crippen LogP contribution is -2.13. The standard InChI is InChI=1S/C32H33F2N3O3/c1-21-14-17-40-25(19-27(21)22-10-12-24(13-11-22)39-16-5-15-38-2)18-23-6-3-9-29-30(20-35-23)37-32(36-29)26-7-4-8-28(33)31(26)34/h4,7-13,19-20,23H,3,5-6,14-18H2,1-2H3. The highest BCUT2D eigenvalue weighted by Gasteiger charge is 2.23. The molecule has 0 saturated carbocycles. The maximum absolute atomic E-state index is 14.3. The minimum atomic E-state index is -0.948. The summed E-state index contributed by atoms with van der Waals surface area (Å²) in [5, 5.41) is 0. The Morgan fingerprint density at radius 1 is 1.05 bits per heavy atom. The van der Waals surface area contributed by atoms with Gasteiger partial charge in [0.15, 0.2) is 17.5 Å². The molecule has 0 amide bonds. The molecule has 0 bridgehead atoms. The monoisotopic (exact) mass is 545 g/mol. The Morgan fingerprint density at radius 3 is 2.73 bits per heavy atom. The Labute approximate surface area is 233 Å². The van der Waals surface area contributed by atoms with Crippen molar-refractivity contribution in [3.05, 3.63) is 94.4 Å². The highest BCUT2D eigenvalue weighted by atomic mass is 19.2. The van der Waals surface area contributed by atoms with Crippen LogP contribution in [0.15, 0.2) is 86.6 Å². The van der Waals surface area contributed by atoms with E-state index in [1.807, 2.05) is 18.2 Å². The van der Waals surface area contributed by atoms with Crippen LogP contribution in [0.1, 0.15) is 50.2 Å². The third-order valence-corrected chi connectivity index (χ3v) is 7.05. The molecular formula is C32H33F2N3O3. The predicted octanol–water partition coefficient (Wildman–Crippen LogP) is 6.87. The summed E-state index contributed by atoms with van der Waals surface area (Å²) in [5.41, 5.74) is 4.78. The van der Waals surface area contributed by atoms with Gasteiger partial charge < -0.3 is 14.2 Å². The molecule has 2 aromatic carbocycles. The molecule has 1 unspecified atom stereocenters. The third-order valence-electron chi connectivity index (χ3n) is 7.05. The fourth-order valence-corrected chi connectivity index (χ4v) is 4.83. The highest BCUT2D eigenvalue weighted by molar-refractivity contribution is 6.43. The Balaban J connectivity index is 1.28. The van der Waals surface area contributed by atoms with Crippen LogP contribution in [0.3, 0.4) is 0 Å². The van der Waals surface area contributed by atoms with Gasteiger partial charge in [0.05, 0.1) is 36.3 Å². The number of benzene rings is 2. The first-order chi connectivity index (χ1) is 19.5. The van der Waals surface area contributed by atoms with Crippen LogP contribution in [0.5, 0.6) is 5.75 Å².